The molecular weight excluding hydrogens is 260 g/mol. The number of benzene rings is 1. The molecule has 0 aliphatic heterocycles. The first kappa shape index (κ1) is 14.2. The molecule has 3 nitrogen and oxygen atoms in total. The first-order valence-electron chi connectivity index (χ1n) is 7.82. The highest BCUT2D eigenvalue weighted by molar-refractivity contribution is 5.91. The third kappa shape index (κ3) is 2.82. The Hall–Kier alpha value is -1.77. The van der Waals surface area contributed by atoms with E-state index in [4.69, 9.17) is 0 Å². The number of para-hydroxylation sites is 1. The zero-order valence-corrected chi connectivity index (χ0v) is 13.1. The number of nitrogens with one attached hydrogen (secondary N) is 1. The average molecular weight is 284 g/mol. The van der Waals surface area contributed by atoms with Crippen LogP contribution in [0.5, 0.6) is 0 Å². The molecule has 1 aliphatic rings. The first-order valence-corrected chi connectivity index (χ1v) is 7.82. The number of pyridine rings is 1. The van der Waals surface area contributed by atoms with Gasteiger partial charge in [0, 0.05) is 30.2 Å². The van der Waals surface area contributed by atoms with Crippen LogP contribution in [0, 0.1) is 5.41 Å². The minimum absolute atomic E-state index is 0.0485. The lowest BCUT2D eigenvalue weighted by Crippen LogP contribution is -2.30. The quantitative estimate of drug-likeness (QED) is 0.907. The summed E-state index contributed by atoms with van der Waals surface area (Å²) in [6.45, 7) is 4.69. The largest absolute Gasteiger partial charge is 0.382 e. The molecule has 3 heteroatoms. The Kier molecular flexibility index (Phi) is 3.52. The maximum atomic E-state index is 12.1. The fraction of sp³-hybridized carbons (Fsp3) is 0.500. The Balaban J connectivity index is 1.91. The molecule has 1 N–H and O–H groups in total. The molecule has 3 rings (SSSR count). The SMILES string of the molecule is Cn1c(=O)cc(NC2CCC(C)(C)CC2)c2ccccc21. The van der Waals surface area contributed by atoms with E-state index in [1.807, 2.05) is 25.2 Å². The predicted octanol–water partition coefficient (Wildman–Crippen LogP) is 3.92. The lowest BCUT2D eigenvalue weighted by atomic mass is 9.75. The fourth-order valence-corrected chi connectivity index (χ4v) is 3.29. The maximum absolute atomic E-state index is 12.1. The van der Waals surface area contributed by atoms with Gasteiger partial charge in [-0.05, 0) is 37.2 Å². The van der Waals surface area contributed by atoms with Crippen molar-refractivity contribution >= 4 is 16.6 Å². The van der Waals surface area contributed by atoms with Gasteiger partial charge in [0.15, 0.2) is 0 Å². The second-order valence-corrected chi connectivity index (χ2v) is 7.06. The summed E-state index contributed by atoms with van der Waals surface area (Å²) in [5.41, 5.74) is 2.49. The van der Waals surface area contributed by atoms with E-state index >= 15 is 0 Å². The van der Waals surface area contributed by atoms with Gasteiger partial charge in [-0.2, -0.15) is 0 Å². The Morgan fingerprint density at radius 1 is 1.19 bits per heavy atom. The summed E-state index contributed by atoms with van der Waals surface area (Å²) in [6.07, 6.45) is 4.84. The summed E-state index contributed by atoms with van der Waals surface area (Å²) in [5, 5.41) is 4.75. The standard InChI is InChI=1S/C18H24N2O/c1-18(2)10-8-13(9-11-18)19-15-12-17(21)20(3)16-7-5-4-6-14(15)16/h4-7,12-13,19H,8-11H2,1-3H3. The molecule has 0 radical (unpaired) electrons. The molecule has 21 heavy (non-hydrogen) atoms. The molecule has 0 bridgehead atoms. The molecule has 0 atom stereocenters. The van der Waals surface area contributed by atoms with Crippen molar-refractivity contribution in [3.63, 3.8) is 0 Å². The van der Waals surface area contributed by atoms with Crippen LogP contribution in [0.25, 0.3) is 10.9 Å². The number of rotatable bonds is 2. The molecule has 1 saturated carbocycles. The van der Waals surface area contributed by atoms with Crippen LogP contribution in [0.4, 0.5) is 5.69 Å². The first-order chi connectivity index (χ1) is 9.96. The Morgan fingerprint density at radius 2 is 1.86 bits per heavy atom. The van der Waals surface area contributed by atoms with Crippen molar-refractivity contribution in [2.24, 2.45) is 12.5 Å². The molecule has 1 aliphatic carbocycles. The second-order valence-electron chi connectivity index (χ2n) is 7.06. The van der Waals surface area contributed by atoms with E-state index in [1.54, 1.807) is 10.6 Å². The van der Waals surface area contributed by atoms with E-state index in [1.165, 1.54) is 25.7 Å². The Morgan fingerprint density at radius 3 is 2.57 bits per heavy atom. The summed E-state index contributed by atoms with van der Waals surface area (Å²) >= 11 is 0. The van der Waals surface area contributed by atoms with Gasteiger partial charge in [-0.15, -0.1) is 0 Å². The van der Waals surface area contributed by atoms with Gasteiger partial charge in [0.25, 0.3) is 5.56 Å². The molecule has 0 unspecified atom stereocenters. The lowest BCUT2D eigenvalue weighted by molar-refractivity contribution is 0.232. The van der Waals surface area contributed by atoms with E-state index < -0.39 is 0 Å². The van der Waals surface area contributed by atoms with Crippen LogP contribution in [0.3, 0.4) is 0 Å². The minimum Gasteiger partial charge on any atom is -0.382 e. The van der Waals surface area contributed by atoms with E-state index in [-0.39, 0.29) is 5.56 Å². The summed E-state index contributed by atoms with van der Waals surface area (Å²) in [4.78, 5) is 12.1. The van der Waals surface area contributed by atoms with Gasteiger partial charge in [0.1, 0.15) is 0 Å². The van der Waals surface area contributed by atoms with Crippen molar-refractivity contribution in [2.45, 2.75) is 45.6 Å². The van der Waals surface area contributed by atoms with Crippen molar-refractivity contribution in [1.29, 1.82) is 0 Å². The third-order valence-electron chi connectivity index (χ3n) is 4.85. The highest BCUT2D eigenvalue weighted by Gasteiger charge is 2.26. The summed E-state index contributed by atoms with van der Waals surface area (Å²) in [7, 11) is 1.83. The molecule has 1 fully saturated rings. The summed E-state index contributed by atoms with van der Waals surface area (Å²) < 4.78 is 1.71. The second kappa shape index (κ2) is 5.21. The summed E-state index contributed by atoms with van der Waals surface area (Å²) in [6, 6.07) is 10.3. The average Bonchev–Trinajstić information content (AvgIpc) is 2.47. The number of anilines is 1. The molecule has 2 aromatic rings. The molecule has 0 amide bonds. The van der Waals surface area contributed by atoms with Crippen LogP contribution in [-0.4, -0.2) is 10.6 Å². The van der Waals surface area contributed by atoms with Gasteiger partial charge in [-0.25, -0.2) is 0 Å². The molecule has 1 aromatic carbocycles. The predicted molar refractivity (Wildman–Crippen MR) is 88.8 cm³/mol. The summed E-state index contributed by atoms with van der Waals surface area (Å²) in [5.74, 6) is 0. The Labute approximate surface area is 126 Å². The van der Waals surface area contributed by atoms with Crippen molar-refractivity contribution in [1.82, 2.24) is 4.57 Å². The normalized spacial score (nSPS) is 18.8. The number of aromatic nitrogens is 1. The van der Waals surface area contributed by atoms with Gasteiger partial charge in [0.05, 0.1) is 5.52 Å². The van der Waals surface area contributed by atoms with E-state index in [9.17, 15) is 4.79 Å². The maximum Gasteiger partial charge on any atom is 0.252 e. The molecule has 1 heterocycles. The fourth-order valence-electron chi connectivity index (χ4n) is 3.29. The van der Waals surface area contributed by atoms with Crippen molar-refractivity contribution < 1.29 is 0 Å². The molecule has 1 aromatic heterocycles. The molecular formula is C18H24N2O. The number of hydrogen-bond donors (Lipinski definition) is 1. The van der Waals surface area contributed by atoms with Gasteiger partial charge in [-0.3, -0.25) is 4.79 Å². The third-order valence-corrected chi connectivity index (χ3v) is 4.85. The number of fused-ring (bicyclic) bond motifs is 1. The number of aryl methyl sites for hydroxylation is 1. The van der Waals surface area contributed by atoms with E-state index in [0.29, 0.717) is 11.5 Å². The van der Waals surface area contributed by atoms with Crippen molar-refractivity contribution in [2.75, 3.05) is 5.32 Å². The molecule has 0 saturated heterocycles. The van der Waals surface area contributed by atoms with E-state index in [0.717, 1.165) is 16.6 Å². The van der Waals surface area contributed by atoms with E-state index in [2.05, 4.69) is 25.2 Å². The Bertz CT molecular complexity index is 705. The monoisotopic (exact) mass is 284 g/mol. The van der Waals surface area contributed by atoms with Crippen LogP contribution in [0.15, 0.2) is 35.1 Å². The zero-order chi connectivity index (χ0) is 15.0. The highest BCUT2D eigenvalue weighted by atomic mass is 16.1. The lowest BCUT2D eigenvalue weighted by Gasteiger charge is -2.35. The van der Waals surface area contributed by atoms with Crippen LogP contribution in [0.2, 0.25) is 0 Å². The number of nitrogens with zero attached hydrogens (tertiary/aromatic N) is 1. The van der Waals surface area contributed by atoms with Gasteiger partial charge in [-0.1, -0.05) is 32.0 Å². The number of hydrogen-bond acceptors (Lipinski definition) is 2. The van der Waals surface area contributed by atoms with Crippen LogP contribution in [-0.2, 0) is 7.05 Å². The van der Waals surface area contributed by atoms with Crippen molar-refractivity contribution in [3.05, 3.63) is 40.7 Å². The van der Waals surface area contributed by atoms with Crippen LogP contribution >= 0.6 is 0 Å². The topological polar surface area (TPSA) is 34.0 Å². The minimum atomic E-state index is 0.0485. The smallest absolute Gasteiger partial charge is 0.252 e. The van der Waals surface area contributed by atoms with Gasteiger partial charge in [0.2, 0.25) is 0 Å². The zero-order valence-electron chi connectivity index (χ0n) is 13.1. The van der Waals surface area contributed by atoms with Gasteiger partial charge < -0.3 is 9.88 Å². The van der Waals surface area contributed by atoms with Crippen LogP contribution < -0.4 is 10.9 Å². The molecule has 112 valence electrons. The van der Waals surface area contributed by atoms with Gasteiger partial charge >= 0.3 is 0 Å². The highest BCUT2D eigenvalue weighted by Crippen LogP contribution is 2.36. The van der Waals surface area contributed by atoms with Crippen LogP contribution in [0.1, 0.15) is 39.5 Å². The van der Waals surface area contributed by atoms with Crippen molar-refractivity contribution in [3.8, 4) is 0 Å². The molecule has 0 spiro atoms.